The molecule has 0 aromatic heterocycles. The first-order chi connectivity index (χ1) is 21.7. The van der Waals surface area contributed by atoms with Crippen LogP contribution in [0.2, 0.25) is 0 Å². The molecular weight excluding hydrogens is 578 g/mol. The molecule has 46 heavy (non-hydrogen) atoms. The molecule has 2 atom stereocenters. The highest BCUT2D eigenvalue weighted by atomic mass is 16.6. The standard InChI is InChI=1S/C38H51N3O5/c1-9-10-11-12-22-41(36(44)32(39-37(45)46-38(6,7)8)24-29-18-20-30(42)21-19-29)34(31-23-25(2)16-17-26(31)3)35(43)40-33-27(4)14-13-15-28(33)5/h13-21,23,32,34,42H,9-12,22,24H2,1-8H3,(H,39,45)(H,40,43). The molecule has 0 fully saturated rings. The summed E-state index contributed by atoms with van der Waals surface area (Å²) < 4.78 is 5.56. The van der Waals surface area contributed by atoms with Crippen LogP contribution in [-0.2, 0) is 20.7 Å². The van der Waals surface area contributed by atoms with Gasteiger partial charge in [-0.2, -0.15) is 0 Å². The predicted molar refractivity (Wildman–Crippen MR) is 184 cm³/mol. The zero-order valence-corrected chi connectivity index (χ0v) is 28.7. The van der Waals surface area contributed by atoms with Gasteiger partial charge in [0.1, 0.15) is 23.4 Å². The Morgan fingerprint density at radius 2 is 1.52 bits per heavy atom. The maximum absolute atomic E-state index is 14.8. The highest BCUT2D eigenvalue weighted by Crippen LogP contribution is 2.30. The molecule has 3 aromatic rings. The van der Waals surface area contributed by atoms with Crippen LogP contribution in [0.4, 0.5) is 10.5 Å². The second kappa shape index (κ2) is 16.3. The minimum absolute atomic E-state index is 0.0995. The summed E-state index contributed by atoms with van der Waals surface area (Å²) >= 11 is 0. The first kappa shape index (κ1) is 36.1. The molecule has 3 aromatic carbocycles. The van der Waals surface area contributed by atoms with Crippen LogP contribution >= 0.6 is 0 Å². The number of unbranched alkanes of at least 4 members (excludes halogenated alkanes) is 3. The van der Waals surface area contributed by atoms with E-state index in [9.17, 15) is 19.5 Å². The Hall–Kier alpha value is -4.33. The number of carbonyl (C=O) groups is 3. The third-order valence-corrected chi connectivity index (χ3v) is 7.92. The number of nitrogens with zero attached hydrogens (tertiary/aromatic N) is 1. The summed E-state index contributed by atoms with van der Waals surface area (Å²) in [6.45, 7) is 15.5. The van der Waals surface area contributed by atoms with E-state index in [1.807, 2.05) is 64.1 Å². The van der Waals surface area contributed by atoms with E-state index in [1.54, 1.807) is 49.9 Å². The second-order valence-electron chi connectivity index (χ2n) is 13.2. The SMILES string of the molecule is CCCCCCN(C(=O)C(Cc1ccc(O)cc1)NC(=O)OC(C)(C)C)C(C(=O)Nc1c(C)cccc1C)c1cc(C)ccc1C. The number of carbonyl (C=O) groups excluding carboxylic acids is 3. The molecule has 0 saturated heterocycles. The molecule has 3 rings (SSSR count). The molecule has 2 unspecified atom stereocenters. The summed E-state index contributed by atoms with van der Waals surface area (Å²) in [7, 11) is 0. The number of ether oxygens (including phenoxy) is 1. The smallest absolute Gasteiger partial charge is 0.408 e. The van der Waals surface area contributed by atoms with Gasteiger partial charge in [-0.15, -0.1) is 0 Å². The number of para-hydroxylation sites is 1. The largest absolute Gasteiger partial charge is 0.508 e. The van der Waals surface area contributed by atoms with Crippen molar-refractivity contribution in [2.24, 2.45) is 0 Å². The first-order valence-electron chi connectivity index (χ1n) is 16.2. The van der Waals surface area contributed by atoms with Crippen molar-refractivity contribution in [2.75, 3.05) is 11.9 Å². The van der Waals surface area contributed by atoms with E-state index in [0.717, 1.165) is 52.6 Å². The number of aromatic hydroxyl groups is 1. The van der Waals surface area contributed by atoms with Gasteiger partial charge in [-0.05, 0) is 94.8 Å². The number of benzene rings is 3. The van der Waals surface area contributed by atoms with Gasteiger partial charge in [0.25, 0.3) is 5.91 Å². The highest BCUT2D eigenvalue weighted by Gasteiger charge is 2.37. The molecule has 0 heterocycles. The number of hydrogen-bond donors (Lipinski definition) is 3. The number of phenolic OH excluding ortho intramolecular Hbond substituents is 1. The summed E-state index contributed by atoms with van der Waals surface area (Å²) in [5.74, 6) is -0.615. The molecule has 3 amide bonds. The number of rotatable bonds is 13. The van der Waals surface area contributed by atoms with Crippen molar-refractivity contribution in [3.63, 3.8) is 0 Å². The lowest BCUT2D eigenvalue weighted by atomic mass is 9.94. The number of phenols is 1. The Labute approximate surface area is 274 Å². The van der Waals surface area contributed by atoms with Crippen LogP contribution in [0.15, 0.2) is 60.7 Å². The molecule has 0 radical (unpaired) electrons. The lowest BCUT2D eigenvalue weighted by molar-refractivity contribution is -0.140. The molecule has 0 aliphatic heterocycles. The number of alkyl carbamates (subject to hydrolysis) is 1. The zero-order chi connectivity index (χ0) is 34.0. The van der Waals surface area contributed by atoms with Crippen LogP contribution in [0.25, 0.3) is 0 Å². The summed E-state index contributed by atoms with van der Waals surface area (Å²) in [5.41, 5.74) is 5.10. The lowest BCUT2D eigenvalue weighted by Crippen LogP contribution is -2.53. The summed E-state index contributed by atoms with van der Waals surface area (Å²) in [6.07, 6.45) is 3.01. The van der Waals surface area contributed by atoms with Gasteiger partial charge in [-0.25, -0.2) is 4.79 Å². The highest BCUT2D eigenvalue weighted by molar-refractivity contribution is 6.00. The van der Waals surface area contributed by atoms with Crippen LogP contribution in [-0.4, -0.2) is 46.1 Å². The lowest BCUT2D eigenvalue weighted by Gasteiger charge is -2.35. The average Bonchev–Trinajstić information content (AvgIpc) is 2.97. The van der Waals surface area contributed by atoms with E-state index < -0.39 is 29.7 Å². The van der Waals surface area contributed by atoms with Gasteiger partial charge in [0.05, 0.1) is 0 Å². The van der Waals surface area contributed by atoms with Gasteiger partial charge in [-0.1, -0.05) is 80.3 Å². The van der Waals surface area contributed by atoms with E-state index in [2.05, 4.69) is 17.6 Å². The first-order valence-corrected chi connectivity index (χ1v) is 16.2. The molecule has 0 bridgehead atoms. The number of hydrogen-bond acceptors (Lipinski definition) is 5. The average molecular weight is 630 g/mol. The second-order valence-corrected chi connectivity index (χ2v) is 13.2. The van der Waals surface area contributed by atoms with Crippen molar-refractivity contribution in [1.82, 2.24) is 10.2 Å². The zero-order valence-electron chi connectivity index (χ0n) is 28.7. The van der Waals surface area contributed by atoms with Gasteiger partial charge in [0.2, 0.25) is 5.91 Å². The van der Waals surface area contributed by atoms with Crippen molar-refractivity contribution >= 4 is 23.6 Å². The van der Waals surface area contributed by atoms with Crippen LogP contribution in [0.3, 0.4) is 0 Å². The monoisotopic (exact) mass is 629 g/mol. The quantitative estimate of drug-likeness (QED) is 0.167. The molecule has 0 aliphatic rings. The predicted octanol–water partition coefficient (Wildman–Crippen LogP) is 7.85. The number of nitrogens with one attached hydrogen (secondary N) is 2. The van der Waals surface area contributed by atoms with Gasteiger partial charge in [0.15, 0.2) is 0 Å². The molecule has 8 nitrogen and oxygen atoms in total. The van der Waals surface area contributed by atoms with E-state index in [-0.39, 0.29) is 18.1 Å². The van der Waals surface area contributed by atoms with E-state index in [0.29, 0.717) is 18.7 Å². The summed E-state index contributed by atoms with van der Waals surface area (Å²) in [4.78, 5) is 44.0. The van der Waals surface area contributed by atoms with Crippen molar-refractivity contribution in [3.05, 3.63) is 94.0 Å². The number of aryl methyl sites for hydroxylation is 4. The van der Waals surface area contributed by atoms with Crippen LogP contribution in [0.5, 0.6) is 5.75 Å². The van der Waals surface area contributed by atoms with Crippen molar-refractivity contribution in [1.29, 1.82) is 0 Å². The van der Waals surface area contributed by atoms with Gasteiger partial charge >= 0.3 is 6.09 Å². The van der Waals surface area contributed by atoms with E-state index in [1.165, 1.54) is 0 Å². The van der Waals surface area contributed by atoms with Crippen molar-refractivity contribution < 1.29 is 24.2 Å². The van der Waals surface area contributed by atoms with E-state index >= 15 is 0 Å². The normalized spacial score (nSPS) is 12.6. The van der Waals surface area contributed by atoms with Gasteiger partial charge in [-0.3, -0.25) is 9.59 Å². The fourth-order valence-corrected chi connectivity index (χ4v) is 5.50. The molecule has 0 saturated carbocycles. The van der Waals surface area contributed by atoms with Crippen LogP contribution in [0, 0.1) is 27.7 Å². The Bertz CT molecular complexity index is 1470. The summed E-state index contributed by atoms with van der Waals surface area (Å²) in [6, 6.07) is 16.3. The fourth-order valence-electron chi connectivity index (χ4n) is 5.50. The minimum Gasteiger partial charge on any atom is -0.508 e. The maximum atomic E-state index is 14.8. The van der Waals surface area contributed by atoms with Gasteiger partial charge in [0, 0.05) is 18.7 Å². The summed E-state index contributed by atoms with van der Waals surface area (Å²) in [5, 5.41) is 15.8. The van der Waals surface area contributed by atoms with E-state index in [4.69, 9.17) is 4.74 Å². The van der Waals surface area contributed by atoms with Crippen molar-refractivity contribution in [2.45, 2.75) is 105 Å². The third kappa shape index (κ3) is 10.4. The molecule has 0 spiro atoms. The third-order valence-electron chi connectivity index (χ3n) is 7.92. The minimum atomic E-state index is -1.04. The Morgan fingerprint density at radius 3 is 2.13 bits per heavy atom. The topological polar surface area (TPSA) is 108 Å². The molecule has 0 aliphatic carbocycles. The van der Waals surface area contributed by atoms with Crippen LogP contribution < -0.4 is 10.6 Å². The molecule has 8 heteroatoms. The number of amides is 3. The maximum Gasteiger partial charge on any atom is 0.408 e. The molecule has 3 N–H and O–H groups in total. The molecule has 248 valence electrons. The Kier molecular flexibility index (Phi) is 12.8. The Morgan fingerprint density at radius 1 is 0.870 bits per heavy atom. The fraction of sp³-hybridized carbons (Fsp3) is 0.447. The van der Waals surface area contributed by atoms with Crippen molar-refractivity contribution in [3.8, 4) is 5.75 Å². The number of anilines is 1. The van der Waals surface area contributed by atoms with Gasteiger partial charge < -0.3 is 25.4 Å². The van der Waals surface area contributed by atoms with Crippen LogP contribution in [0.1, 0.15) is 92.8 Å². The molecular formula is C38H51N3O5. The Balaban J connectivity index is 2.15.